The number of aryl methyl sites for hydroxylation is 2. The highest BCUT2D eigenvalue weighted by Crippen LogP contribution is 2.25. The monoisotopic (exact) mass is 272 g/mol. The average Bonchev–Trinajstić information content (AvgIpc) is 2.73. The summed E-state index contributed by atoms with van der Waals surface area (Å²) in [5.41, 5.74) is 9.41. The van der Waals surface area contributed by atoms with Crippen molar-refractivity contribution in [2.24, 2.45) is 12.8 Å². The van der Waals surface area contributed by atoms with Crippen molar-refractivity contribution in [3.63, 3.8) is 0 Å². The molecule has 2 N–H and O–H groups in total. The Bertz CT molecular complexity index is 545. The Kier molecular flexibility index (Phi) is 4.79. The molecule has 0 saturated heterocycles. The Morgan fingerprint density at radius 2 is 1.95 bits per heavy atom. The molecule has 2 rings (SSSR count). The smallest absolute Gasteiger partial charge is 0.130 e. The molecule has 108 valence electrons. The summed E-state index contributed by atoms with van der Waals surface area (Å²) in [5, 5.41) is 4.56. The highest BCUT2D eigenvalue weighted by atomic mass is 15.4. The maximum Gasteiger partial charge on any atom is 0.130 e. The van der Waals surface area contributed by atoms with Crippen LogP contribution >= 0.6 is 0 Å². The molecule has 0 fully saturated rings. The van der Waals surface area contributed by atoms with Crippen LogP contribution in [-0.4, -0.2) is 22.9 Å². The first kappa shape index (κ1) is 14.6. The molecular formula is C16H24N4. The summed E-state index contributed by atoms with van der Waals surface area (Å²) < 4.78 is 1.98. The Morgan fingerprint density at radius 3 is 2.55 bits per heavy atom. The Balaban J connectivity index is 2.32. The molecule has 0 spiro atoms. The molecule has 4 heteroatoms. The lowest BCUT2D eigenvalue weighted by atomic mass is 10.1. The number of aromatic nitrogens is 2. The van der Waals surface area contributed by atoms with Gasteiger partial charge in [-0.3, -0.25) is 4.68 Å². The van der Waals surface area contributed by atoms with Gasteiger partial charge >= 0.3 is 0 Å². The van der Waals surface area contributed by atoms with Gasteiger partial charge in [0, 0.05) is 25.7 Å². The third-order valence-electron chi connectivity index (χ3n) is 3.61. The first-order valence-corrected chi connectivity index (χ1v) is 7.18. The standard InChI is InChI=1S/C16H24N4/c1-4-20(12-14-8-6-5-7-9-14)16-15(10-11-17)13(2)18-19(16)3/h5-9H,4,10-12,17H2,1-3H3. The maximum absolute atomic E-state index is 5.75. The molecule has 0 aliphatic carbocycles. The second kappa shape index (κ2) is 6.57. The second-order valence-corrected chi connectivity index (χ2v) is 5.05. The van der Waals surface area contributed by atoms with Gasteiger partial charge in [0.25, 0.3) is 0 Å². The summed E-state index contributed by atoms with van der Waals surface area (Å²) >= 11 is 0. The molecule has 4 nitrogen and oxygen atoms in total. The van der Waals surface area contributed by atoms with Gasteiger partial charge in [0.15, 0.2) is 0 Å². The molecule has 0 amide bonds. The van der Waals surface area contributed by atoms with Crippen LogP contribution in [0.1, 0.15) is 23.7 Å². The van der Waals surface area contributed by atoms with Crippen molar-refractivity contribution >= 4 is 5.82 Å². The van der Waals surface area contributed by atoms with Gasteiger partial charge in [0.1, 0.15) is 5.82 Å². The molecule has 0 unspecified atom stereocenters. The van der Waals surface area contributed by atoms with Crippen LogP contribution in [0.15, 0.2) is 30.3 Å². The van der Waals surface area contributed by atoms with Crippen LogP contribution in [0, 0.1) is 6.92 Å². The highest BCUT2D eigenvalue weighted by Gasteiger charge is 2.17. The SMILES string of the molecule is CCN(Cc1ccccc1)c1c(CCN)c(C)nn1C. The fourth-order valence-electron chi connectivity index (χ4n) is 2.66. The fourth-order valence-corrected chi connectivity index (χ4v) is 2.66. The lowest BCUT2D eigenvalue weighted by molar-refractivity contribution is 0.703. The summed E-state index contributed by atoms with van der Waals surface area (Å²) in [5.74, 6) is 1.19. The van der Waals surface area contributed by atoms with Crippen LogP contribution < -0.4 is 10.6 Å². The van der Waals surface area contributed by atoms with Gasteiger partial charge in [-0.1, -0.05) is 30.3 Å². The van der Waals surface area contributed by atoms with Crippen LogP contribution in [0.4, 0.5) is 5.82 Å². The minimum atomic E-state index is 0.655. The number of benzene rings is 1. The highest BCUT2D eigenvalue weighted by molar-refractivity contribution is 5.50. The van der Waals surface area contributed by atoms with Crippen molar-refractivity contribution in [2.75, 3.05) is 18.0 Å². The zero-order valence-corrected chi connectivity index (χ0v) is 12.6. The van der Waals surface area contributed by atoms with E-state index in [0.29, 0.717) is 6.54 Å². The molecular weight excluding hydrogens is 248 g/mol. The van der Waals surface area contributed by atoms with Crippen LogP contribution in [0.25, 0.3) is 0 Å². The number of anilines is 1. The maximum atomic E-state index is 5.75. The molecule has 0 radical (unpaired) electrons. The van der Waals surface area contributed by atoms with Crippen molar-refractivity contribution < 1.29 is 0 Å². The summed E-state index contributed by atoms with van der Waals surface area (Å²) in [6.45, 7) is 6.74. The van der Waals surface area contributed by atoms with Crippen LogP contribution in [0.5, 0.6) is 0 Å². The minimum Gasteiger partial charge on any atom is -0.353 e. The fraction of sp³-hybridized carbons (Fsp3) is 0.438. The number of hydrogen-bond acceptors (Lipinski definition) is 3. The molecule has 2 aromatic rings. The van der Waals surface area contributed by atoms with E-state index in [1.54, 1.807) is 0 Å². The molecule has 0 aliphatic heterocycles. The summed E-state index contributed by atoms with van der Waals surface area (Å²) in [4.78, 5) is 2.36. The topological polar surface area (TPSA) is 47.1 Å². The van der Waals surface area contributed by atoms with E-state index < -0.39 is 0 Å². The molecule has 1 heterocycles. The first-order valence-electron chi connectivity index (χ1n) is 7.18. The molecule has 0 bridgehead atoms. The van der Waals surface area contributed by atoms with E-state index in [9.17, 15) is 0 Å². The quantitative estimate of drug-likeness (QED) is 0.877. The minimum absolute atomic E-state index is 0.655. The molecule has 0 saturated carbocycles. The second-order valence-electron chi connectivity index (χ2n) is 5.05. The lowest BCUT2D eigenvalue weighted by Gasteiger charge is -2.24. The van der Waals surface area contributed by atoms with E-state index in [1.165, 1.54) is 16.9 Å². The Labute approximate surface area is 121 Å². The molecule has 0 atom stereocenters. The van der Waals surface area contributed by atoms with Crippen LogP contribution in [0.3, 0.4) is 0 Å². The normalized spacial score (nSPS) is 10.8. The van der Waals surface area contributed by atoms with Crippen molar-refractivity contribution in [3.8, 4) is 0 Å². The summed E-state index contributed by atoms with van der Waals surface area (Å²) in [6, 6.07) is 10.5. The van der Waals surface area contributed by atoms with E-state index in [0.717, 1.165) is 25.2 Å². The van der Waals surface area contributed by atoms with Gasteiger partial charge in [-0.05, 0) is 32.4 Å². The van der Waals surface area contributed by atoms with Gasteiger partial charge in [-0.2, -0.15) is 5.10 Å². The molecule has 0 aliphatic rings. The number of nitrogens with zero attached hydrogens (tertiary/aromatic N) is 3. The van der Waals surface area contributed by atoms with Crippen molar-refractivity contribution in [3.05, 3.63) is 47.2 Å². The number of rotatable bonds is 6. The predicted octanol–water partition coefficient (Wildman–Crippen LogP) is 2.26. The zero-order valence-electron chi connectivity index (χ0n) is 12.6. The predicted molar refractivity (Wildman–Crippen MR) is 83.9 cm³/mol. The van der Waals surface area contributed by atoms with Crippen molar-refractivity contribution in [1.82, 2.24) is 9.78 Å². The number of hydrogen-bond donors (Lipinski definition) is 1. The van der Waals surface area contributed by atoms with Crippen LogP contribution in [0.2, 0.25) is 0 Å². The molecule has 1 aromatic carbocycles. The molecule has 20 heavy (non-hydrogen) atoms. The molecule has 1 aromatic heterocycles. The first-order chi connectivity index (χ1) is 9.67. The van der Waals surface area contributed by atoms with E-state index in [2.05, 4.69) is 48.1 Å². The largest absolute Gasteiger partial charge is 0.353 e. The van der Waals surface area contributed by atoms with E-state index in [4.69, 9.17) is 5.73 Å². The average molecular weight is 272 g/mol. The third-order valence-corrected chi connectivity index (χ3v) is 3.61. The van der Waals surface area contributed by atoms with Crippen molar-refractivity contribution in [1.29, 1.82) is 0 Å². The summed E-state index contributed by atoms with van der Waals surface area (Å²) in [6.07, 6.45) is 0.875. The van der Waals surface area contributed by atoms with E-state index in [-0.39, 0.29) is 0 Å². The third kappa shape index (κ3) is 3.02. The van der Waals surface area contributed by atoms with Crippen LogP contribution in [-0.2, 0) is 20.0 Å². The van der Waals surface area contributed by atoms with Gasteiger partial charge in [-0.15, -0.1) is 0 Å². The summed E-state index contributed by atoms with van der Waals surface area (Å²) in [7, 11) is 2.01. The van der Waals surface area contributed by atoms with E-state index in [1.807, 2.05) is 17.8 Å². The Morgan fingerprint density at radius 1 is 1.25 bits per heavy atom. The van der Waals surface area contributed by atoms with Crippen molar-refractivity contribution in [2.45, 2.75) is 26.8 Å². The van der Waals surface area contributed by atoms with Gasteiger partial charge in [0.2, 0.25) is 0 Å². The van der Waals surface area contributed by atoms with Gasteiger partial charge in [-0.25, -0.2) is 0 Å². The zero-order chi connectivity index (χ0) is 14.5. The number of nitrogens with two attached hydrogens (primary N) is 1. The van der Waals surface area contributed by atoms with Gasteiger partial charge in [0.05, 0.1) is 5.69 Å². The van der Waals surface area contributed by atoms with Gasteiger partial charge < -0.3 is 10.6 Å². The lowest BCUT2D eigenvalue weighted by Crippen LogP contribution is -2.26. The van der Waals surface area contributed by atoms with E-state index >= 15 is 0 Å². The Hall–Kier alpha value is -1.81.